The molecule has 1 aromatic heterocycles. The minimum Gasteiger partial charge on any atom is -0.478 e. The number of rotatable bonds is 2. The number of carboxylic acid groups (broad SMARTS) is 1. The van der Waals surface area contributed by atoms with Gasteiger partial charge >= 0.3 is 5.97 Å². The Kier molecular flexibility index (Phi) is 3.31. The molecule has 1 saturated heterocycles. The number of carbonyl (C=O) groups is 1. The van der Waals surface area contributed by atoms with Gasteiger partial charge in [-0.2, -0.15) is 0 Å². The van der Waals surface area contributed by atoms with Crippen molar-refractivity contribution < 1.29 is 9.90 Å². The molecule has 4 nitrogen and oxygen atoms in total. The van der Waals surface area contributed by atoms with Crippen molar-refractivity contribution >= 4 is 11.8 Å². The fourth-order valence-corrected chi connectivity index (χ4v) is 2.34. The van der Waals surface area contributed by atoms with E-state index in [0.29, 0.717) is 12.0 Å². The van der Waals surface area contributed by atoms with Gasteiger partial charge in [0.2, 0.25) is 0 Å². The van der Waals surface area contributed by atoms with Crippen molar-refractivity contribution in [3.63, 3.8) is 0 Å². The highest BCUT2D eigenvalue weighted by Crippen LogP contribution is 2.26. The molecule has 0 amide bonds. The van der Waals surface area contributed by atoms with E-state index in [1.807, 2.05) is 0 Å². The molecule has 0 aromatic carbocycles. The second-order valence-corrected chi connectivity index (χ2v) is 4.76. The third kappa shape index (κ3) is 2.40. The van der Waals surface area contributed by atoms with Crippen LogP contribution >= 0.6 is 0 Å². The van der Waals surface area contributed by atoms with E-state index in [2.05, 4.69) is 23.7 Å². The van der Waals surface area contributed by atoms with Crippen LogP contribution in [0.3, 0.4) is 0 Å². The highest BCUT2D eigenvalue weighted by molar-refractivity contribution is 5.87. The first-order valence-corrected chi connectivity index (χ1v) is 6.05. The molecule has 1 aliphatic heterocycles. The van der Waals surface area contributed by atoms with Gasteiger partial charge in [-0.15, -0.1) is 0 Å². The lowest BCUT2D eigenvalue weighted by molar-refractivity contribution is 0.0696. The Morgan fingerprint density at radius 1 is 1.47 bits per heavy atom. The Morgan fingerprint density at radius 3 is 2.82 bits per heavy atom. The van der Waals surface area contributed by atoms with Crippen molar-refractivity contribution in [2.75, 3.05) is 11.4 Å². The second kappa shape index (κ2) is 4.73. The third-order valence-electron chi connectivity index (χ3n) is 3.66. The number of pyridine rings is 1. The molecule has 17 heavy (non-hydrogen) atoms. The van der Waals surface area contributed by atoms with Crippen molar-refractivity contribution in [2.45, 2.75) is 32.7 Å². The van der Waals surface area contributed by atoms with Crippen molar-refractivity contribution in [3.05, 3.63) is 23.9 Å². The van der Waals surface area contributed by atoms with Crippen molar-refractivity contribution in [3.8, 4) is 0 Å². The summed E-state index contributed by atoms with van der Waals surface area (Å²) in [5, 5.41) is 8.83. The van der Waals surface area contributed by atoms with Gasteiger partial charge in [-0.1, -0.05) is 6.92 Å². The first-order valence-electron chi connectivity index (χ1n) is 6.05. The van der Waals surface area contributed by atoms with Gasteiger partial charge in [0.1, 0.15) is 5.82 Å². The van der Waals surface area contributed by atoms with Gasteiger partial charge in [0, 0.05) is 18.8 Å². The van der Waals surface area contributed by atoms with Gasteiger partial charge in [-0.05, 0) is 37.8 Å². The Bertz CT molecular complexity index is 402. The molecule has 92 valence electrons. The Balaban J connectivity index is 2.19. The summed E-state index contributed by atoms with van der Waals surface area (Å²) in [6, 6.07) is 3.89. The van der Waals surface area contributed by atoms with E-state index in [1.165, 1.54) is 19.0 Å². The Hall–Kier alpha value is -1.58. The average molecular weight is 234 g/mol. The number of aromatic nitrogens is 1. The zero-order chi connectivity index (χ0) is 12.4. The predicted molar refractivity (Wildman–Crippen MR) is 66.4 cm³/mol. The first kappa shape index (κ1) is 11.9. The predicted octanol–water partition coefficient (Wildman–Crippen LogP) is 2.40. The van der Waals surface area contributed by atoms with Crippen molar-refractivity contribution in [1.82, 2.24) is 4.98 Å². The van der Waals surface area contributed by atoms with Gasteiger partial charge in [-0.3, -0.25) is 0 Å². The number of anilines is 1. The van der Waals surface area contributed by atoms with Gasteiger partial charge in [0.05, 0.1) is 5.56 Å². The van der Waals surface area contributed by atoms with Crippen LogP contribution in [-0.4, -0.2) is 28.6 Å². The number of aromatic carboxylic acids is 1. The molecule has 0 radical (unpaired) electrons. The van der Waals surface area contributed by atoms with Crippen LogP contribution in [0.25, 0.3) is 0 Å². The third-order valence-corrected chi connectivity index (χ3v) is 3.66. The fraction of sp³-hybridized carbons (Fsp3) is 0.538. The van der Waals surface area contributed by atoms with E-state index in [4.69, 9.17) is 5.11 Å². The molecule has 2 atom stereocenters. The Morgan fingerprint density at radius 2 is 2.24 bits per heavy atom. The highest BCUT2D eigenvalue weighted by Gasteiger charge is 2.25. The molecule has 0 bridgehead atoms. The standard InChI is InChI=1S/C13H18N2O2/c1-9-4-3-7-15(10(9)2)12-6-5-11(8-14-12)13(16)17/h5-6,8-10H,3-4,7H2,1-2H3,(H,16,17). The molecule has 1 N–H and O–H groups in total. The maximum atomic E-state index is 10.8. The minimum absolute atomic E-state index is 0.242. The molecule has 4 heteroatoms. The summed E-state index contributed by atoms with van der Waals surface area (Å²) in [4.78, 5) is 17.3. The van der Waals surface area contributed by atoms with Crippen LogP contribution in [0.5, 0.6) is 0 Å². The molecular weight excluding hydrogens is 216 g/mol. The topological polar surface area (TPSA) is 53.4 Å². The summed E-state index contributed by atoms with van der Waals surface area (Å²) in [5.74, 6) is 0.614. The monoisotopic (exact) mass is 234 g/mol. The smallest absolute Gasteiger partial charge is 0.337 e. The summed E-state index contributed by atoms with van der Waals surface area (Å²) in [6.07, 6.45) is 3.86. The quantitative estimate of drug-likeness (QED) is 0.853. The lowest BCUT2D eigenvalue weighted by Gasteiger charge is -2.38. The number of hydrogen-bond acceptors (Lipinski definition) is 3. The first-order chi connectivity index (χ1) is 8.09. The van der Waals surface area contributed by atoms with Gasteiger partial charge in [-0.25, -0.2) is 9.78 Å². The van der Waals surface area contributed by atoms with E-state index in [-0.39, 0.29) is 5.56 Å². The zero-order valence-corrected chi connectivity index (χ0v) is 10.3. The van der Waals surface area contributed by atoms with Crippen molar-refractivity contribution in [1.29, 1.82) is 0 Å². The van der Waals surface area contributed by atoms with Crippen LogP contribution in [0.1, 0.15) is 37.0 Å². The van der Waals surface area contributed by atoms with Crippen LogP contribution < -0.4 is 4.90 Å². The lowest BCUT2D eigenvalue weighted by Crippen LogP contribution is -2.42. The lowest BCUT2D eigenvalue weighted by atomic mass is 9.92. The SMILES string of the molecule is CC1CCCN(c2ccc(C(=O)O)cn2)C1C. The molecule has 0 aliphatic carbocycles. The van der Waals surface area contributed by atoms with E-state index >= 15 is 0 Å². The van der Waals surface area contributed by atoms with Crippen LogP contribution in [0.4, 0.5) is 5.82 Å². The van der Waals surface area contributed by atoms with Gasteiger partial charge in [0.25, 0.3) is 0 Å². The number of piperidine rings is 1. The minimum atomic E-state index is -0.927. The maximum Gasteiger partial charge on any atom is 0.337 e. The normalized spacial score (nSPS) is 24.7. The molecule has 2 rings (SSSR count). The van der Waals surface area contributed by atoms with Crippen molar-refractivity contribution in [2.24, 2.45) is 5.92 Å². The summed E-state index contributed by atoms with van der Waals surface area (Å²) in [7, 11) is 0. The summed E-state index contributed by atoms with van der Waals surface area (Å²) in [6.45, 7) is 5.46. The maximum absolute atomic E-state index is 10.8. The molecule has 2 unspecified atom stereocenters. The second-order valence-electron chi connectivity index (χ2n) is 4.76. The average Bonchev–Trinajstić information content (AvgIpc) is 2.33. The van der Waals surface area contributed by atoms with E-state index in [0.717, 1.165) is 12.4 Å². The summed E-state index contributed by atoms with van der Waals surface area (Å²) in [5.41, 5.74) is 0.242. The molecular formula is C13H18N2O2. The fourth-order valence-electron chi connectivity index (χ4n) is 2.34. The summed E-state index contributed by atoms with van der Waals surface area (Å²) >= 11 is 0. The number of hydrogen-bond donors (Lipinski definition) is 1. The van der Waals surface area contributed by atoms with Gasteiger partial charge < -0.3 is 10.0 Å². The molecule has 2 heterocycles. The van der Waals surface area contributed by atoms with Crippen LogP contribution in [0.2, 0.25) is 0 Å². The van der Waals surface area contributed by atoms with E-state index in [9.17, 15) is 4.79 Å². The molecule has 1 aromatic rings. The van der Waals surface area contributed by atoms with Crippen LogP contribution in [-0.2, 0) is 0 Å². The zero-order valence-electron chi connectivity index (χ0n) is 10.3. The Labute approximate surface area is 101 Å². The summed E-state index contributed by atoms with van der Waals surface area (Å²) < 4.78 is 0. The van der Waals surface area contributed by atoms with E-state index in [1.54, 1.807) is 12.1 Å². The van der Waals surface area contributed by atoms with Crippen LogP contribution in [0, 0.1) is 5.92 Å². The van der Waals surface area contributed by atoms with Gasteiger partial charge in [0.15, 0.2) is 0 Å². The molecule has 0 spiro atoms. The molecule has 1 fully saturated rings. The molecule has 1 aliphatic rings. The molecule has 0 saturated carbocycles. The highest BCUT2D eigenvalue weighted by atomic mass is 16.4. The number of nitrogens with zero attached hydrogens (tertiary/aromatic N) is 2. The largest absolute Gasteiger partial charge is 0.478 e. The van der Waals surface area contributed by atoms with E-state index < -0.39 is 5.97 Å². The van der Waals surface area contributed by atoms with Crippen LogP contribution in [0.15, 0.2) is 18.3 Å². The number of carboxylic acids is 1.